The Balaban J connectivity index is 1.69. The number of benzene rings is 2. The van der Waals surface area contributed by atoms with E-state index in [1.54, 1.807) is 16.9 Å². The molecule has 0 atom stereocenters. The number of methoxy groups -OCH3 is 1. The zero-order chi connectivity index (χ0) is 19.9. The minimum atomic E-state index is -2.32. The van der Waals surface area contributed by atoms with Gasteiger partial charge in [0.1, 0.15) is 8.30 Å². The molecule has 26 heavy (non-hydrogen) atoms. The summed E-state index contributed by atoms with van der Waals surface area (Å²) >= 11 is 0. The average Bonchev–Trinajstić information content (AvgIpc) is 3.31. The molecule has 0 spiro atoms. The van der Waals surface area contributed by atoms with Crippen LogP contribution in [0.15, 0.2) is 48.8 Å². The molecule has 0 saturated heterocycles. The van der Waals surface area contributed by atoms with Gasteiger partial charge in [-0.1, -0.05) is 12.1 Å². The molecule has 1 aromatic heterocycles. The molecule has 132 valence electrons. The average molecular weight is 352 g/mol. The van der Waals surface area contributed by atoms with Crippen LogP contribution in [0.5, 0.6) is 11.5 Å². The molecule has 6 heteroatoms. The molecule has 0 N–H and O–H groups in total. The molecular formula is C20H18N2O4. The molecule has 3 aromatic rings. The van der Waals surface area contributed by atoms with Crippen LogP contribution in [0.25, 0.3) is 5.69 Å². The third-order valence-corrected chi connectivity index (χ3v) is 4.38. The number of ether oxygens (including phenoxy) is 3. The van der Waals surface area contributed by atoms with Gasteiger partial charge in [0.05, 0.1) is 12.8 Å². The molecule has 0 saturated carbocycles. The second-order valence-electron chi connectivity index (χ2n) is 5.94. The number of esters is 1. The summed E-state index contributed by atoms with van der Waals surface area (Å²) in [5.74, 6) is -0.295. The van der Waals surface area contributed by atoms with Crippen LogP contribution in [0, 0.1) is 6.92 Å². The van der Waals surface area contributed by atoms with Crippen LogP contribution < -0.4 is 9.47 Å². The lowest BCUT2D eigenvalue weighted by Gasteiger charge is -2.12. The van der Waals surface area contributed by atoms with Gasteiger partial charge in [0, 0.05) is 12.4 Å². The predicted octanol–water partition coefficient (Wildman–Crippen LogP) is 3.29. The van der Waals surface area contributed by atoms with Gasteiger partial charge in [-0.05, 0) is 54.3 Å². The number of carbonyl (C=O) groups excluding carboxylic acids is 1. The van der Waals surface area contributed by atoms with Gasteiger partial charge in [-0.25, -0.2) is 9.48 Å². The van der Waals surface area contributed by atoms with E-state index in [9.17, 15) is 4.79 Å². The SMILES string of the molecule is [2H]C1([2H])Oc2c(C(=O)OC)cc(Cc3ccc(-n4cccn4)cc3)c(C)c2O1. The summed E-state index contributed by atoms with van der Waals surface area (Å²) in [6.45, 7) is -0.502. The normalized spacial score (nSPS) is 15.3. The van der Waals surface area contributed by atoms with E-state index in [4.69, 9.17) is 17.0 Å². The maximum absolute atomic E-state index is 12.2. The van der Waals surface area contributed by atoms with E-state index in [1.807, 2.05) is 43.5 Å². The Kier molecular flexibility index (Phi) is 3.52. The monoisotopic (exact) mass is 352 g/mol. The molecule has 0 aliphatic carbocycles. The zero-order valence-corrected chi connectivity index (χ0v) is 14.4. The van der Waals surface area contributed by atoms with Gasteiger partial charge in [0.2, 0.25) is 6.75 Å². The highest BCUT2D eigenvalue weighted by atomic mass is 16.7. The molecule has 0 radical (unpaired) electrons. The number of fused-ring (bicyclic) bond motifs is 1. The smallest absolute Gasteiger partial charge is 0.341 e. The number of carbonyl (C=O) groups is 1. The molecule has 0 amide bonds. The van der Waals surface area contributed by atoms with Crippen LogP contribution in [0.2, 0.25) is 0 Å². The van der Waals surface area contributed by atoms with Crippen molar-refractivity contribution in [2.24, 2.45) is 0 Å². The Hall–Kier alpha value is -3.28. The molecule has 4 rings (SSSR count). The summed E-state index contributed by atoms with van der Waals surface area (Å²) in [5, 5.41) is 4.21. The van der Waals surface area contributed by atoms with Crippen molar-refractivity contribution in [1.29, 1.82) is 0 Å². The molecule has 2 heterocycles. The number of aromatic nitrogens is 2. The first kappa shape index (κ1) is 13.9. The summed E-state index contributed by atoms with van der Waals surface area (Å²) in [5.41, 5.74) is 3.66. The Morgan fingerprint density at radius 1 is 1.31 bits per heavy atom. The molecule has 1 aliphatic rings. The van der Waals surface area contributed by atoms with Crippen molar-refractivity contribution in [2.75, 3.05) is 13.9 Å². The molecule has 0 unspecified atom stereocenters. The van der Waals surface area contributed by atoms with Gasteiger partial charge < -0.3 is 14.2 Å². The first-order valence-electron chi connectivity index (χ1n) is 9.10. The Morgan fingerprint density at radius 2 is 2.08 bits per heavy atom. The fourth-order valence-electron chi connectivity index (χ4n) is 2.97. The van der Waals surface area contributed by atoms with E-state index < -0.39 is 12.7 Å². The van der Waals surface area contributed by atoms with Crippen LogP contribution in [-0.2, 0) is 11.2 Å². The number of nitrogens with zero attached hydrogens (tertiary/aromatic N) is 2. The lowest BCUT2D eigenvalue weighted by atomic mass is 9.96. The van der Waals surface area contributed by atoms with Crippen molar-refractivity contribution in [3.8, 4) is 17.2 Å². The van der Waals surface area contributed by atoms with Crippen LogP contribution in [0.3, 0.4) is 0 Å². The van der Waals surface area contributed by atoms with Gasteiger partial charge >= 0.3 is 5.97 Å². The minimum absolute atomic E-state index is 0.0760. The molecule has 0 bridgehead atoms. The molecular weight excluding hydrogens is 332 g/mol. The Morgan fingerprint density at radius 3 is 2.77 bits per heavy atom. The summed E-state index contributed by atoms with van der Waals surface area (Å²) < 4.78 is 32.5. The van der Waals surface area contributed by atoms with Crippen molar-refractivity contribution >= 4 is 5.97 Å². The van der Waals surface area contributed by atoms with Crippen LogP contribution >= 0.6 is 0 Å². The van der Waals surface area contributed by atoms with E-state index in [0.717, 1.165) is 22.4 Å². The topological polar surface area (TPSA) is 62.6 Å². The van der Waals surface area contributed by atoms with Crippen LogP contribution in [0.4, 0.5) is 0 Å². The van der Waals surface area contributed by atoms with Gasteiger partial charge in [-0.3, -0.25) is 0 Å². The standard InChI is InChI=1S/C20H18N2O4/c1-13-15(11-17(20(23)24-2)19-18(13)25-12-26-19)10-14-4-6-16(7-5-14)22-9-3-8-21-22/h3-9,11H,10,12H2,1-2H3/i12D2. The van der Waals surface area contributed by atoms with Crippen molar-refractivity contribution in [2.45, 2.75) is 13.3 Å². The van der Waals surface area contributed by atoms with Crippen molar-refractivity contribution in [3.63, 3.8) is 0 Å². The summed E-state index contributed by atoms with van der Waals surface area (Å²) in [6, 6.07) is 11.4. The molecule has 1 aliphatic heterocycles. The van der Waals surface area contributed by atoms with E-state index in [1.165, 1.54) is 7.11 Å². The van der Waals surface area contributed by atoms with Crippen LogP contribution in [-0.4, -0.2) is 29.6 Å². The number of rotatable bonds is 4. The zero-order valence-electron chi connectivity index (χ0n) is 16.4. The number of hydrogen-bond acceptors (Lipinski definition) is 5. The van der Waals surface area contributed by atoms with Crippen molar-refractivity contribution in [3.05, 3.63) is 71.0 Å². The van der Waals surface area contributed by atoms with E-state index in [2.05, 4.69) is 5.10 Å². The highest BCUT2D eigenvalue weighted by molar-refractivity contribution is 5.94. The van der Waals surface area contributed by atoms with E-state index in [0.29, 0.717) is 6.42 Å². The lowest BCUT2D eigenvalue weighted by Crippen LogP contribution is -2.05. The van der Waals surface area contributed by atoms with Crippen molar-refractivity contribution in [1.82, 2.24) is 9.78 Å². The summed E-state index contributed by atoms with van der Waals surface area (Å²) in [6.07, 6.45) is 4.12. The molecule has 0 fully saturated rings. The summed E-state index contributed by atoms with van der Waals surface area (Å²) in [7, 11) is 1.27. The van der Waals surface area contributed by atoms with Gasteiger partial charge in [0.25, 0.3) is 0 Å². The largest absolute Gasteiger partial charge is 0.465 e. The molecule has 2 aromatic carbocycles. The minimum Gasteiger partial charge on any atom is -0.465 e. The lowest BCUT2D eigenvalue weighted by molar-refractivity contribution is 0.0596. The van der Waals surface area contributed by atoms with Crippen molar-refractivity contribution < 1.29 is 21.7 Å². The second-order valence-corrected chi connectivity index (χ2v) is 5.94. The fraction of sp³-hybridized carbons (Fsp3) is 0.200. The number of hydrogen-bond donors (Lipinski definition) is 0. The summed E-state index contributed by atoms with van der Waals surface area (Å²) in [4.78, 5) is 12.2. The fourth-order valence-corrected chi connectivity index (χ4v) is 2.97. The van der Waals surface area contributed by atoms with E-state index in [-0.39, 0.29) is 17.1 Å². The Labute approximate surface area is 153 Å². The maximum atomic E-state index is 12.2. The van der Waals surface area contributed by atoms with E-state index >= 15 is 0 Å². The molecule has 6 nitrogen and oxygen atoms in total. The van der Waals surface area contributed by atoms with Crippen LogP contribution in [0.1, 0.15) is 29.8 Å². The van der Waals surface area contributed by atoms with Gasteiger partial charge in [0.15, 0.2) is 11.5 Å². The maximum Gasteiger partial charge on any atom is 0.341 e. The van der Waals surface area contributed by atoms with Gasteiger partial charge in [-0.15, -0.1) is 0 Å². The quantitative estimate of drug-likeness (QED) is 0.674. The Bertz CT molecular complexity index is 1030. The third-order valence-electron chi connectivity index (χ3n) is 4.38. The predicted molar refractivity (Wildman–Crippen MR) is 95.0 cm³/mol. The van der Waals surface area contributed by atoms with Gasteiger partial charge in [-0.2, -0.15) is 5.10 Å². The highest BCUT2D eigenvalue weighted by Gasteiger charge is 2.27. The first-order valence-corrected chi connectivity index (χ1v) is 8.10. The third kappa shape index (κ3) is 2.79. The second kappa shape index (κ2) is 6.55. The first-order chi connectivity index (χ1) is 13.4. The highest BCUT2D eigenvalue weighted by Crippen LogP contribution is 2.41.